The quantitative estimate of drug-likeness (QED) is 0.854. The summed E-state index contributed by atoms with van der Waals surface area (Å²) in [6.07, 6.45) is -0.0547. The van der Waals surface area contributed by atoms with E-state index in [1.165, 1.54) is 0 Å². The van der Waals surface area contributed by atoms with Gasteiger partial charge in [0.05, 0.1) is 16.8 Å². The highest BCUT2D eigenvalue weighted by atomic mass is 127. The van der Waals surface area contributed by atoms with E-state index in [-0.39, 0.29) is 18.5 Å². The van der Waals surface area contributed by atoms with Gasteiger partial charge < -0.3 is 15.2 Å². The molecule has 0 saturated carbocycles. The fourth-order valence-electron chi connectivity index (χ4n) is 1.25. The first-order valence-electron chi connectivity index (χ1n) is 4.29. The largest absolute Gasteiger partial charge is 0.496 e. The van der Waals surface area contributed by atoms with Crippen molar-refractivity contribution >= 4 is 35.0 Å². The van der Waals surface area contributed by atoms with Crippen molar-refractivity contribution in [3.8, 4) is 5.75 Å². The maximum absolute atomic E-state index is 5.58. The lowest BCUT2D eigenvalue weighted by atomic mass is 10.1. The molecular weight excluding hydrogens is 328 g/mol. The minimum absolute atomic E-state index is 0. The van der Waals surface area contributed by atoms with E-state index in [9.17, 15) is 0 Å². The molecular formula is C10H15ClINO2. The Kier molecular flexibility index (Phi) is 7.25. The normalized spacial score (nSPS) is 11.7. The molecule has 0 heterocycles. The fraction of sp³-hybridized carbons (Fsp3) is 0.400. The third kappa shape index (κ3) is 3.79. The van der Waals surface area contributed by atoms with Crippen LogP contribution in [0.5, 0.6) is 5.75 Å². The summed E-state index contributed by atoms with van der Waals surface area (Å²) in [5.41, 5.74) is 6.63. The lowest BCUT2D eigenvalue weighted by Gasteiger charge is -2.14. The number of nitrogens with two attached hydrogens (primary N) is 1. The average molecular weight is 344 g/mol. The summed E-state index contributed by atoms with van der Waals surface area (Å²) < 4.78 is 11.5. The van der Waals surface area contributed by atoms with Crippen LogP contribution < -0.4 is 10.5 Å². The van der Waals surface area contributed by atoms with E-state index in [0.29, 0.717) is 6.54 Å². The van der Waals surface area contributed by atoms with E-state index >= 15 is 0 Å². The maximum atomic E-state index is 5.58. The molecule has 1 aromatic rings. The van der Waals surface area contributed by atoms with Crippen molar-refractivity contribution in [1.82, 2.24) is 0 Å². The molecule has 1 unspecified atom stereocenters. The SMILES string of the molecule is COc1cc(C(CN)OC)ccc1I.Cl. The van der Waals surface area contributed by atoms with Crippen LogP contribution in [0, 0.1) is 3.57 Å². The zero-order valence-electron chi connectivity index (χ0n) is 8.70. The van der Waals surface area contributed by atoms with Gasteiger partial charge in [-0.15, -0.1) is 12.4 Å². The molecule has 0 aromatic heterocycles. The van der Waals surface area contributed by atoms with E-state index in [4.69, 9.17) is 15.2 Å². The minimum atomic E-state index is -0.0547. The summed E-state index contributed by atoms with van der Waals surface area (Å²) >= 11 is 2.23. The third-order valence-corrected chi connectivity index (χ3v) is 2.94. The van der Waals surface area contributed by atoms with Crippen LogP contribution in [-0.2, 0) is 4.74 Å². The van der Waals surface area contributed by atoms with Gasteiger partial charge >= 0.3 is 0 Å². The van der Waals surface area contributed by atoms with Crippen LogP contribution in [0.4, 0.5) is 0 Å². The second kappa shape index (κ2) is 7.27. The Morgan fingerprint density at radius 1 is 1.40 bits per heavy atom. The number of rotatable bonds is 4. The average Bonchev–Trinajstić information content (AvgIpc) is 2.22. The standard InChI is InChI=1S/C10H14INO2.ClH/c1-13-9-5-7(3-4-8(9)11)10(6-12)14-2;/h3-5,10H,6,12H2,1-2H3;1H. The smallest absolute Gasteiger partial charge is 0.132 e. The molecule has 0 aliphatic rings. The first-order valence-corrected chi connectivity index (χ1v) is 5.37. The second-order valence-corrected chi connectivity index (χ2v) is 4.02. The molecule has 0 bridgehead atoms. The van der Waals surface area contributed by atoms with Gasteiger partial charge in [-0.05, 0) is 40.3 Å². The highest BCUT2D eigenvalue weighted by Crippen LogP contribution is 2.25. The predicted octanol–water partition coefficient (Wildman–Crippen LogP) is 2.37. The lowest BCUT2D eigenvalue weighted by molar-refractivity contribution is 0.110. The molecule has 15 heavy (non-hydrogen) atoms. The fourth-order valence-corrected chi connectivity index (χ4v) is 1.80. The Balaban J connectivity index is 0.00000196. The predicted molar refractivity (Wildman–Crippen MR) is 71.8 cm³/mol. The number of ether oxygens (including phenoxy) is 2. The van der Waals surface area contributed by atoms with Crippen LogP contribution in [0.2, 0.25) is 0 Å². The van der Waals surface area contributed by atoms with E-state index in [1.54, 1.807) is 14.2 Å². The van der Waals surface area contributed by atoms with Crippen molar-refractivity contribution < 1.29 is 9.47 Å². The van der Waals surface area contributed by atoms with E-state index in [0.717, 1.165) is 14.9 Å². The van der Waals surface area contributed by atoms with Gasteiger partial charge in [-0.3, -0.25) is 0 Å². The number of halogens is 2. The minimum Gasteiger partial charge on any atom is -0.496 e. The van der Waals surface area contributed by atoms with Crippen LogP contribution in [0.3, 0.4) is 0 Å². The molecule has 0 amide bonds. The topological polar surface area (TPSA) is 44.5 Å². The highest BCUT2D eigenvalue weighted by molar-refractivity contribution is 14.1. The van der Waals surface area contributed by atoms with Crippen molar-refractivity contribution in [1.29, 1.82) is 0 Å². The van der Waals surface area contributed by atoms with Crippen LogP contribution in [0.1, 0.15) is 11.7 Å². The van der Waals surface area contributed by atoms with Gasteiger partial charge in [0.2, 0.25) is 0 Å². The molecule has 5 heteroatoms. The van der Waals surface area contributed by atoms with Gasteiger partial charge in [-0.1, -0.05) is 6.07 Å². The summed E-state index contributed by atoms with van der Waals surface area (Å²) in [5.74, 6) is 0.860. The van der Waals surface area contributed by atoms with Gasteiger partial charge in [-0.2, -0.15) is 0 Å². The molecule has 1 atom stereocenters. The molecule has 0 spiro atoms. The number of benzene rings is 1. The Morgan fingerprint density at radius 3 is 2.53 bits per heavy atom. The highest BCUT2D eigenvalue weighted by Gasteiger charge is 2.10. The Morgan fingerprint density at radius 2 is 2.07 bits per heavy atom. The summed E-state index contributed by atoms with van der Waals surface area (Å²) in [6, 6.07) is 5.96. The molecule has 3 nitrogen and oxygen atoms in total. The lowest BCUT2D eigenvalue weighted by Crippen LogP contribution is -2.14. The first-order chi connectivity index (χ1) is 6.72. The Bertz CT molecular complexity index is 305. The van der Waals surface area contributed by atoms with Gasteiger partial charge in [0.25, 0.3) is 0 Å². The van der Waals surface area contributed by atoms with Crippen molar-refractivity contribution in [2.24, 2.45) is 5.73 Å². The molecule has 2 N–H and O–H groups in total. The number of hydrogen-bond donors (Lipinski definition) is 1. The van der Waals surface area contributed by atoms with Crippen LogP contribution in [0.25, 0.3) is 0 Å². The van der Waals surface area contributed by atoms with E-state index in [2.05, 4.69) is 22.6 Å². The summed E-state index contributed by atoms with van der Waals surface area (Å²) in [7, 11) is 3.31. The summed E-state index contributed by atoms with van der Waals surface area (Å²) in [6.45, 7) is 0.472. The third-order valence-electron chi connectivity index (χ3n) is 2.05. The zero-order valence-corrected chi connectivity index (χ0v) is 11.7. The van der Waals surface area contributed by atoms with E-state index in [1.807, 2.05) is 18.2 Å². The van der Waals surface area contributed by atoms with Crippen LogP contribution in [-0.4, -0.2) is 20.8 Å². The second-order valence-electron chi connectivity index (χ2n) is 2.85. The molecule has 1 rings (SSSR count). The zero-order chi connectivity index (χ0) is 10.6. The molecule has 0 aliphatic heterocycles. The molecule has 86 valence electrons. The summed E-state index contributed by atoms with van der Waals surface area (Å²) in [5, 5.41) is 0. The molecule has 1 aromatic carbocycles. The van der Waals surface area contributed by atoms with E-state index < -0.39 is 0 Å². The molecule has 0 fully saturated rings. The van der Waals surface area contributed by atoms with Crippen LogP contribution in [0.15, 0.2) is 18.2 Å². The monoisotopic (exact) mass is 343 g/mol. The Hall–Kier alpha value is -0.0400. The van der Waals surface area contributed by atoms with Crippen molar-refractivity contribution in [2.45, 2.75) is 6.10 Å². The van der Waals surface area contributed by atoms with Crippen LogP contribution >= 0.6 is 35.0 Å². The first kappa shape index (κ1) is 15.0. The summed E-state index contributed by atoms with van der Waals surface area (Å²) in [4.78, 5) is 0. The van der Waals surface area contributed by atoms with Gasteiger partial charge in [-0.25, -0.2) is 0 Å². The molecule has 0 saturated heterocycles. The van der Waals surface area contributed by atoms with Gasteiger partial charge in [0.1, 0.15) is 5.75 Å². The number of methoxy groups -OCH3 is 2. The molecule has 0 aliphatic carbocycles. The Labute approximate surface area is 110 Å². The van der Waals surface area contributed by atoms with Gasteiger partial charge in [0.15, 0.2) is 0 Å². The number of hydrogen-bond acceptors (Lipinski definition) is 3. The molecule has 0 radical (unpaired) electrons. The van der Waals surface area contributed by atoms with Crippen molar-refractivity contribution in [3.05, 3.63) is 27.3 Å². The van der Waals surface area contributed by atoms with Gasteiger partial charge in [0, 0.05) is 13.7 Å². The maximum Gasteiger partial charge on any atom is 0.132 e. The van der Waals surface area contributed by atoms with Crippen molar-refractivity contribution in [3.63, 3.8) is 0 Å². The van der Waals surface area contributed by atoms with Crippen molar-refractivity contribution in [2.75, 3.05) is 20.8 Å².